The first-order chi connectivity index (χ1) is 6.23. The van der Waals surface area contributed by atoms with Crippen LogP contribution in [0.25, 0.3) is 0 Å². The summed E-state index contributed by atoms with van der Waals surface area (Å²) in [7, 11) is 0. The quantitative estimate of drug-likeness (QED) is 0.528. The van der Waals surface area contributed by atoms with E-state index in [1.807, 2.05) is 0 Å². The number of rotatable bonds is 0. The highest BCUT2D eigenvalue weighted by molar-refractivity contribution is 5.14. The Morgan fingerprint density at radius 3 is 2.62 bits per heavy atom. The van der Waals surface area contributed by atoms with E-state index in [-0.39, 0.29) is 0 Å². The summed E-state index contributed by atoms with van der Waals surface area (Å²) in [6.07, 6.45) is 9.23. The van der Waals surface area contributed by atoms with Crippen LogP contribution in [-0.2, 0) is 0 Å². The second-order valence-corrected chi connectivity index (χ2v) is 6.12. The van der Waals surface area contributed by atoms with Crippen LogP contribution in [0.1, 0.15) is 52.4 Å². The van der Waals surface area contributed by atoms with Gasteiger partial charge < -0.3 is 0 Å². The fraction of sp³-hybridized carbons (Fsp3) is 1.00. The zero-order chi connectivity index (χ0) is 9.05. The van der Waals surface area contributed by atoms with E-state index in [1.54, 1.807) is 19.3 Å². The Kier molecular flexibility index (Phi) is 1.61. The van der Waals surface area contributed by atoms with Gasteiger partial charge in [0.25, 0.3) is 0 Å². The third-order valence-corrected chi connectivity index (χ3v) is 5.45. The van der Waals surface area contributed by atoms with Gasteiger partial charge in [0, 0.05) is 0 Å². The lowest BCUT2D eigenvalue weighted by Crippen LogP contribution is -2.16. The van der Waals surface area contributed by atoms with E-state index in [0.717, 1.165) is 29.1 Å². The molecule has 5 atom stereocenters. The molecule has 3 aliphatic carbocycles. The number of fused-ring (bicyclic) bond motifs is 1. The van der Waals surface area contributed by atoms with Crippen molar-refractivity contribution < 1.29 is 0 Å². The van der Waals surface area contributed by atoms with Gasteiger partial charge in [-0.05, 0) is 35.5 Å². The van der Waals surface area contributed by atoms with Crippen LogP contribution in [0.5, 0.6) is 0 Å². The van der Waals surface area contributed by atoms with Crippen LogP contribution in [0.2, 0.25) is 0 Å². The Balaban J connectivity index is 1.89. The summed E-state index contributed by atoms with van der Waals surface area (Å²) in [6.45, 7) is 5.09. The third-order valence-electron chi connectivity index (χ3n) is 5.45. The molecule has 74 valence electrons. The second kappa shape index (κ2) is 2.52. The third kappa shape index (κ3) is 0.980. The highest BCUT2D eigenvalue weighted by Crippen LogP contribution is 2.72. The van der Waals surface area contributed by atoms with Gasteiger partial charge in [-0.25, -0.2) is 0 Å². The predicted molar refractivity (Wildman–Crippen MR) is 55.4 cm³/mol. The first-order valence-electron chi connectivity index (χ1n) is 6.23. The van der Waals surface area contributed by atoms with Gasteiger partial charge in [0.15, 0.2) is 0 Å². The normalized spacial score (nSPS) is 59.5. The highest BCUT2D eigenvalue weighted by atomic mass is 14.7. The van der Waals surface area contributed by atoms with Crippen LogP contribution < -0.4 is 0 Å². The lowest BCUT2D eigenvalue weighted by atomic mass is 9.79. The summed E-state index contributed by atoms with van der Waals surface area (Å²) in [6, 6.07) is 0. The molecule has 3 rings (SSSR count). The van der Waals surface area contributed by atoms with Crippen molar-refractivity contribution in [2.24, 2.45) is 29.1 Å². The predicted octanol–water partition coefficient (Wildman–Crippen LogP) is 3.86. The zero-order valence-corrected chi connectivity index (χ0v) is 9.05. The second-order valence-electron chi connectivity index (χ2n) is 6.12. The molecule has 0 bridgehead atoms. The van der Waals surface area contributed by atoms with Crippen LogP contribution in [0, 0.1) is 29.1 Å². The lowest BCUT2D eigenvalue weighted by molar-refractivity contribution is 0.245. The SMILES string of the molecule is CC1CCCC2CCCC3(C)C1C23. The molecular weight excluding hydrogens is 156 g/mol. The van der Waals surface area contributed by atoms with Crippen molar-refractivity contribution in [1.29, 1.82) is 0 Å². The van der Waals surface area contributed by atoms with Gasteiger partial charge in [0.1, 0.15) is 0 Å². The van der Waals surface area contributed by atoms with Crippen LogP contribution in [-0.4, -0.2) is 0 Å². The molecule has 0 amide bonds. The summed E-state index contributed by atoms with van der Waals surface area (Å²) in [4.78, 5) is 0. The van der Waals surface area contributed by atoms with Crippen molar-refractivity contribution in [2.75, 3.05) is 0 Å². The minimum Gasteiger partial charge on any atom is -0.0622 e. The van der Waals surface area contributed by atoms with Crippen molar-refractivity contribution in [3.05, 3.63) is 0 Å². The van der Waals surface area contributed by atoms with Crippen molar-refractivity contribution in [3.63, 3.8) is 0 Å². The van der Waals surface area contributed by atoms with Crippen molar-refractivity contribution >= 4 is 0 Å². The first kappa shape index (κ1) is 8.32. The minimum absolute atomic E-state index is 0.808. The summed E-state index contributed by atoms with van der Waals surface area (Å²) >= 11 is 0. The maximum Gasteiger partial charge on any atom is -0.0258 e. The van der Waals surface area contributed by atoms with Crippen LogP contribution >= 0.6 is 0 Å². The van der Waals surface area contributed by atoms with Gasteiger partial charge in [-0.1, -0.05) is 46.0 Å². The average molecular weight is 178 g/mol. The zero-order valence-electron chi connectivity index (χ0n) is 9.05. The Morgan fingerprint density at radius 2 is 1.77 bits per heavy atom. The summed E-state index contributed by atoms with van der Waals surface area (Å²) < 4.78 is 0. The molecule has 0 aliphatic heterocycles. The highest BCUT2D eigenvalue weighted by Gasteiger charge is 2.66. The monoisotopic (exact) mass is 178 g/mol. The van der Waals surface area contributed by atoms with Gasteiger partial charge in [-0.3, -0.25) is 0 Å². The van der Waals surface area contributed by atoms with E-state index in [9.17, 15) is 0 Å². The number of hydrogen-bond donors (Lipinski definition) is 0. The van der Waals surface area contributed by atoms with E-state index in [0.29, 0.717) is 0 Å². The molecular formula is C13H22. The van der Waals surface area contributed by atoms with Crippen molar-refractivity contribution in [1.82, 2.24) is 0 Å². The van der Waals surface area contributed by atoms with Gasteiger partial charge in [0.05, 0.1) is 0 Å². The van der Waals surface area contributed by atoms with Crippen molar-refractivity contribution in [2.45, 2.75) is 52.4 Å². The molecule has 5 unspecified atom stereocenters. The molecule has 0 nitrogen and oxygen atoms in total. The van der Waals surface area contributed by atoms with Crippen molar-refractivity contribution in [3.8, 4) is 0 Å². The fourth-order valence-corrected chi connectivity index (χ4v) is 4.94. The Bertz CT molecular complexity index is 214. The Morgan fingerprint density at radius 1 is 1.00 bits per heavy atom. The topological polar surface area (TPSA) is 0 Å². The van der Waals surface area contributed by atoms with E-state index in [2.05, 4.69) is 13.8 Å². The van der Waals surface area contributed by atoms with E-state index in [4.69, 9.17) is 0 Å². The first-order valence-corrected chi connectivity index (χ1v) is 6.23. The summed E-state index contributed by atoms with van der Waals surface area (Å²) in [5, 5.41) is 0. The largest absolute Gasteiger partial charge is 0.0622 e. The minimum atomic E-state index is 0.808. The van der Waals surface area contributed by atoms with Crippen LogP contribution in [0.4, 0.5) is 0 Å². The molecule has 0 heteroatoms. The maximum atomic E-state index is 2.58. The van der Waals surface area contributed by atoms with Crippen LogP contribution in [0.15, 0.2) is 0 Å². The van der Waals surface area contributed by atoms with Gasteiger partial charge >= 0.3 is 0 Å². The Labute approximate surface area is 82.1 Å². The summed E-state index contributed by atoms with van der Waals surface area (Å²) in [5.74, 6) is 4.45. The maximum absolute atomic E-state index is 2.58. The molecule has 0 saturated heterocycles. The van der Waals surface area contributed by atoms with E-state index >= 15 is 0 Å². The van der Waals surface area contributed by atoms with Crippen LogP contribution in [0.3, 0.4) is 0 Å². The summed E-state index contributed by atoms with van der Waals surface area (Å²) in [5.41, 5.74) is 0.808. The molecule has 13 heavy (non-hydrogen) atoms. The molecule has 0 aromatic rings. The number of hydrogen-bond acceptors (Lipinski definition) is 0. The molecule has 0 radical (unpaired) electrons. The van der Waals surface area contributed by atoms with Gasteiger partial charge in [-0.15, -0.1) is 0 Å². The molecule has 0 heterocycles. The van der Waals surface area contributed by atoms with E-state index < -0.39 is 0 Å². The lowest BCUT2D eigenvalue weighted by Gasteiger charge is -2.26. The fourth-order valence-electron chi connectivity index (χ4n) is 4.94. The Hall–Kier alpha value is 0. The molecule has 3 fully saturated rings. The molecule has 0 aromatic carbocycles. The smallest absolute Gasteiger partial charge is 0.0258 e. The standard InChI is InChI=1S/C13H22/c1-9-5-3-6-10-7-4-8-13(2)11(9)12(10)13/h9-12H,3-8H2,1-2H3. The molecule has 3 saturated carbocycles. The molecule has 0 aromatic heterocycles. The van der Waals surface area contributed by atoms with E-state index in [1.165, 1.54) is 19.3 Å². The molecule has 0 spiro atoms. The molecule has 3 aliphatic rings. The van der Waals surface area contributed by atoms with Gasteiger partial charge in [0.2, 0.25) is 0 Å². The van der Waals surface area contributed by atoms with Gasteiger partial charge in [-0.2, -0.15) is 0 Å². The molecule has 0 N–H and O–H groups in total. The average Bonchev–Trinajstić information content (AvgIpc) is 2.75.